The minimum Gasteiger partial charge on any atom is -0.429 e. The number of ether oxygens (including phenoxy) is 1. The van der Waals surface area contributed by atoms with Crippen LogP contribution in [0.5, 0.6) is 5.75 Å². The number of aliphatic hydroxyl groups excluding tert-OH is 1. The number of aryl methyl sites for hydroxylation is 1. The molecule has 0 spiro atoms. The maximum Gasteiger partial charge on any atom is 0.298 e. The van der Waals surface area contributed by atoms with Gasteiger partial charge in [-0.2, -0.15) is 0 Å². The van der Waals surface area contributed by atoms with Gasteiger partial charge in [0.05, 0.1) is 6.10 Å². The number of carbonyl (C=O) groups is 1. The number of benzene rings is 1. The summed E-state index contributed by atoms with van der Waals surface area (Å²) >= 11 is 0. The highest BCUT2D eigenvalue weighted by atomic mass is 16.5. The molecule has 0 saturated heterocycles. The van der Waals surface area contributed by atoms with Gasteiger partial charge in [-0.1, -0.05) is 13.0 Å². The van der Waals surface area contributed by atoms with Crippen molar-refractivity contribution in [3.05, 3.63) is 29.3 Å². The normalized spacial score (nSPS) is 39.5. The molecule has 1 unspecified atom stereocenters. The van der Waals surface area contributed by atoms with Gasteiger partial charge in [0.25, 0.3) is 6.47 Å². The quantitative estimate of drug-likeness (QED) is 0.851. The molecule has 0 radical (unpaired) electrons. The summed E-state index contributed by atoms with van der Waals surface area (Å²) < 4.78 is 4.99. The predicted octanol–water partition coefficient (Wildman–Crippen LogP) is 3.44. The molecule has 0 bridgehead atoms. The average molecular weight is 300 g/mol. The molecule has 0 aliphatic heterocycles. The highest BCUT2D eigenvalue weighted by molar-refractivity contribution is 5.48. The third-order valence-corrected chi connectivity index (χ3v) is 6.83. The molecular weight excluding hydrogens is 276 g/mol. The standard InChI is InChI=1S/C19H24O3/c1-19-9-8-15-14-5-3-13(22-11-20)10-12(14)2-4-16(15)17(19)6-7-18(19)21/h3,5,10-11,15-18,21H,2,4,6-9H2,1H3/t15-,16?,17+,18-,19+/m1/s1. The number of rotatable bonds is 2. The van der Waals surface area contributed by atoms with Gasteiger partial charge in [0.2, 0.25) is 0 Å². The third-order valence-electron chi connectivity index (χ3n) is 6.83. The summed E-state index contributed by atoms with van der Waals surface area (Å²) in [5.74, 6) is 2.66. The second kappa shape index (κ2) is 5.09. The van der Waals surface area contributed by atoms with Crippen molar-refractivity contribution in [1.82, 2.24) is 0 Å². The van der Waals surface area contributed by atoms with Gasteiger partial charge in [0.1, 0.15) is 5.75 Å². The summed E-state index contributed by atoms with van der Waals surface area (Å²) in [7, 11) is 0. The van der Waals surface area contributed by atoms with E-state index >= 15 is 0 Å². The van der Waals surface area contributed by atoms with E-state index in [9.17, 15) is 9.90 Å². The van der Waals surface area contributed by atoms with Gasteiger partial charge in [-0.15, -0.1) is 0 Å². The lowest BCUT2D eigenvalue weighted by Crippen LogP contribution is -2.43. The fraction of sp³-hybridized carbons (Fsp3) is 0.632. The zero-order valence-corrected chi connectivity index (χ0v) is 13.1. The number of hydrogen-bond donors (Lipinski definition) is 1. The van der Waals surface area contributed by atoms with Crippen molar-refractivity contribution in [2.75, 3.05) is 0 Å². The van der Waals surface area contributed by atoms with Crippen LogP contribution in [0, 0.1) is 17.3 Å². The zero-order chi connectivity index (χ0) is 15.3. The topological polar surface area (TPSA) is 46.5 Å². The van der Waals surface area contributed by atoms with E-state index in [1.807, 2.05) is 12.1 Å². The molecule has 0 heterocycles. The molecule has 1 N–H and O–H groups in total. The van der Waals surface area contributed by atoms with E-state index in [4.69, 9.17) is 4.74 Å². The highest BCUT2D eigenvalue weighted by Gasteiger charge is 2.54. The molecule has 3 nitrogen and oxygen atoms in total. The molecule has 1 aromatic carbocycles. The van der Waals surface area contributed by atoms with E-state index in [-0.39, 0.29) is 11.5 Å². The summed E-state index contributed by atoms with van der Waals surface area (Å²) in [6.45, 7) is 2.81. The van der Waals surface area contributed by atoms with Crippen molar-refractivity contribution in [3.63, 3.8) is 0 Å². The SMILES string of the molecule is C[C@]12CC[C@@H]3c4ccc(OC=O)cc4CCC3[C@@H]1CC[C@H]2O. The Kier molecular flexibility index (Phi) is 3.30. The Bertz CT molecular complexity index is 596. The molecule has 0 aromatic heterocycles. The van der Waals surface area contributed by atoms with Gasteiger partial charge in [-0.05, 0) is 85.0 Å². The van der Waals surface area contributed by atoms with Crippen LogP contribution in [0.3, 0.4) is 0 Å². The molecule has 5 atom stereocenters. The van der Waals surface area contributed by atoms with Gasteiger partial charge in [0, 0.05) is 0 Å². The number of aliphatic hydroxyl groups is 1. The van der Waals surface area contributed by atoms with Crippen molar-refractivity contribution < 1.29 is 14.6 Å². The molecule has 4 rings (SSSR count). The minimum atomic E-state index is -0.108. The maximum atomic E-state index is 10.5. The van der Waals surface area contributed by atoms with Crippen LogP contribution in [0.1, 0.15) is 56.1 Å². The van der Waals surface area contributed by atoms with Crippen LogP contribution in [0.25, 0.3) is 0 Å². The first-order valence-electron chi connectivity index (χ1n) is 8.54. The second-order valence-electron chi connectivity index (χ2n) is 7.63. The molecule has 3 heteroatoms. The number of carbonyl (C=O) groups excluding carboxylic acids is 1. The minimum absolute atomic E-state index is 0.108. The van der Waals surface area contributed by atoms with Crippen LogP contribution in [-0.2, 0) is 11.2 Å². The van der Waals surface area contributed by atoms with Crippen molar-refractivity contribution in [3.8, 4) is 5.75 Å². The fourth-order valence-corrected chi connectivity index (χ4v) is 5.66. The number of fused-ring (bicyclic) bond motifs is 5. The summed E-state index contributed by atoms with van der Waals surface area (Å²) in [6.07, 6.45) is 6.62. The smallest absolute Gasteiger partial charge is 0.298 e. The molecule has 22 heavy (non-hydrogen) atoms. The lowest BCUT2D eigenvalue weighted by molar-refractivity contribution is -0.120. The van der Waals surface area contributed by atoms with E-state index in [1.54, 1.807) is 0 Å². The summed E-state index contributed by atoms with van der Waals surface area (Å²) in [5.41, 5.74) is 2.94. The van der Waals surface area contributed by atoms with Gasteiger partial charge in [0.15, 0.2) is 0 Å². The van der Waals surface area contributed by atoms with Crippen molar-refractivity contribution >= 4 is 6.47 Å². The van der Waals surface area contributed by atoms with Crippen LogP contribution in [-0.4, -0.2) is 17.7 Å². The van der Waals surface area contributed by atoms with E-state index < -0.39 is 0 Å². The Morgan fingerprint density at radius 2 is 2.14 bits per heavy atom. The van der Waals surface area contributed by atoms with Gasteiger partial charge in [-0.3, -0.25) is 4.79 Å². The summed E-state index contributed by atoms with van der Waals surface area (Å²) in [6, 6.07) is 6.13. The van der Waals surface area contributed by atoms with E-state index in [2.05, 4.69) is 13.0 Å². The Morgan fingerprint density at radius 1 is 1.27 bits per heavy atom. The van der Waals surface area contributed by atoms with Crippen molar-refractivity contribution in [2.24, 2.45) is 17.3 Å². The summed E-state index contributed by atoms with van der Waals surface area (Å²) in [5, 5.41) is 10.4. The van der Waals surface area contributed by atoms with Crippen LogP contribution in [0.15, 0.2) is 18.2 Å². The first-order valence-corrected chi connectivity index (χ1v) is 8.54. The summed E-state index contributed by atoms with van der Waals surface area (Å²) in [4.78, 5) is 10.5. The van der Waals surface area contributed by atoms with E-state index in [0.717, 1.165) is 19.3 Å². The largest absolute Gasteiger partial charge is 0.429 e. The van der Waals surface area contributed by atoms with Crippen LogP contribution in [0.2, 0.25) is 0 Å². The van der Waals surface area contributed by atoms with Crippen LogP contribution < -0.4 is 4.74 Å². The van der Waals surface area contributed by atoms with Crippen molar-refractivity contribution in [2.45, 2.75) is 57.5 Å². The first-order chi connectivity index (χ1) is 10.6. The van der Waals surface area contributed by atoms with Crippen LogP contribution >= 0.6 is 0 Å². The van der Waals surface area contributed by atoms with Crippen LogP contribution in [0.4, 0.5) is 0 Å². The first kappa shape index (κ1) is 14.3. The maximum absolute atomic E-state index is 10.5. The Labute approximate surface area is 131 Å². The van der Waals surface area contributed by atoms with Gasteiger partial charge >= 0.3 is 0 Å². The third kappa shape index (κ3) is 1.95. The Hall–Kier alpha value is -1.35. The lowest BCUT2D eigenvalue weighted by Gasteiger charge is -2.50. The Morgan fingerprint density at radius 3 is 2.95 bits per heavy atom. The molecule has 2 fully saturated rings. The van der Waals surface area contributed by atoms with E-state index in [1.165, 1.54) is 30.4 Å². The zero-order valence-electron chi connectivity index (χ0n) is 13.1. The lowest BCUT2D eigenvalue weighted by atomic mass is 9.55. The molecule has 2 saturated carbocycles. The van der Waals surface area contributed by atoms with Gasteiger partial charge in [-0.25, -0.2) is 0 Å². The highest BCUT2D eigenvalue weighted by Crippen LogP contribution is 2.60. The molecule has 118 valence electrons. The van der Waals surface area contributed by atoms with Gasteiger partial charge < -0.3 is 9.84 Å². The Balaban J connectivity index is 1.66. The molecular formula is C19H24O3. The molecule has 3 aliphatic rings. The predicted molar refractivity (Wildman–Crippen MR) is 83.8 cm³/mol. The fourth-order valence-electron chi connectivity index (χ4n) is 5.66. The average Bonchev–Trinajstić information content (AvgIpc) is 2.83. The van der Waals surface area contributed by atoms with Crippen molar-refractivity contribution in [1.29, 1.82) is 0 Å². The monoisotopic (exact) mass is 300 g/mol. The molecule has 0 amide bonds. The number of hydrogen-bond acceptors (Lipinski definition) is 3. The molecule has 3 aliphatic carbocycles. The second-order valence-corrected chi connectivity index (χ2v) is 7.63. The van der Waals surface area contributed by atoms with E-state index in [0.29, 0.717) is 30.0 Å². The molecule has 1 aromatic rings.